The van der Waals surface area contributed by atoms with Gasteiger partial charge in [0, 0.05) is 62.2 Å². The molecule has 2 atom stereocenters. The van der Waals surface area contributed by atoms with Gasteiger partial charge in [-0.05, 0) is 60.1 Å². The number of rotatable bonds is 12. The number of carbonyl (C=O) groups excluding carboxylic acids is 2. The first-order valence-corrected chi connectivity index (χ1v) is 14.2. The highest BCUT2D eigenvalue weighted by Gasteiger charge is 2.29. The van der Waals surface area contributed by atoms with Gasteiger partial charge in [-0.25, -0.2) is 4.39 Å². The number of hydrogen-bond donors (Lipinski definition) is 0. The Morgan fingerprint density at radius 1 is 1.07 bits per heavy atom. The molecule has 1 aromatic carbocycles. The van der Waals surface area contributed by atoms with Crippen molar-refractivity contribution in [3.63, 3.8) is 0 Å². The van der Waals surface area contributed by atoms with E-state index < -0.39 is 24.1 Å². The third-order valence-electron chi connectivity index (χ3n) is 7.81. The number of ether oxygens (including phenoxy) is 1. The van der Waals surface area contributed by atoms with Crippen molar-refractivity contribution in [1.29, 1.82) is 0 Å². The van der Waals surface area contributed by atoms with E-state index in [1.54, 1.807) is 24.7 Å². The van der Waals surface area contributed by atoms with E-state index in [4.69, 9.17) is 4.74 Å². The van der Waals surface area contributed by atoms with Crippen LogP contribution in [-0.4, -0.2) is 52.6 Å². The van der Waals surface area contributed by atoms with Gasteiger partial charge in [-0.2, -0.15) is 0 Å². The lowest BCUT2D eigenvalue weighted by Crippen LogP contribution is -2.47. The zero-order valence-corrected chi connectivity index (χ0v) is 24.6. The van der Waals surface area contributed by atoms with Crippen LogP contribution in [0.25, 0.3) is 11.1 Å². The topological polar surface area (TPSA) is 81.5 Å². The summed E-state index contributed by atoms with van der Waals surface area (Å²) >= 11 is 0. The van der Waals surface area contributed by atoms with Crippen molar-refractivity contribution in [1.82, 2.24) is 14.5 Å². The molecular weight excluding hydrogens is 521 g/mol. The number of ketones is 1. The summed E-state index contributed by atoms with van der Waals surface area (Å²) in [5, 5.41) is 0. The maximum atomic E-state index is 14.0. The molecule has 0 saturated carbocycles. The van der Waals surface area contributed by atoms with Crippen LogP contribution in [0.15, 0.2) is 59.8 Å². The van der Waals surface area contributed by atoms with Crippen molar-refractivity contribution in [2.24, 2.45) is 5.92 Å². The molecular formula is C33H40FN3O4. The summed E-state index contributed by atoms with van der Waals surface area (Å²) in [6.45, 7) is 9.39. The van der Waals surface area contributed by atoms with Gasteiger partial charge in [-0.1, -0.05) is 38.1 Å². The second-order valence-electron chi connectivity index (χ2n) is 11.6. The van der Waals surface area contributed by atoms with Gasteiger partial charge in [0.15, 0.2) is 5.78 Å². The Morgan fingerprint density at radius 3 is 2.41 bits per heavy atom. The minimum absolute atomic E-state index is 0.0167. The number of halogens is 1. The van der Waals surface area contributed by atoms with Gasteiger partial charge >= 0.3 is 5.97 Å². The molecule has 3 heterocycles. The lowest BCUT2D eigenvalue weighted by atomic mass is 9.86. The van der Waals surface area contributed by atoms with Crippen LogP contribution in [0.3, 0.4) is 0 Å². The number of esters is 1. The average molecular weight is 562 g/mol. The molecule has 1 aliphatic heterocycles. The predicted octanol–water partition coefficient (Wildman–Crippen LogP) is 5.57. The Morgan fingerprint density at radius 2 is 1.78 bits per heavy atom. The number of hydrogen-bond acceptors (Lipinski definition) is 6. The van der Waals surface area contributed by atoms with Crippen molar-refractivity contribution < 1.29 is 18.7 Å². The molecule has 0 bridgehead atoms. The van der Waals surface area contributed by atoms with Gasteiger partial charge in [0.1, 0.15) is 6.17 Å². The Balaban J connectivity index is 1.66. The fourth-order valence-electron chi connectivity index (χ4n) is 5.69. The van der Waals surface area contributed by atoms with Crippen molar-refractivity contribution in [3.8, 4) is 11.1 Å². The van der Waals surface area contributed by atoms with Crippen LogP contribution in [-0.2, 0) is 20.9 Å². The maximum Gasteiger partial charge on any atom is 0.306 e. The van der Waals surface area contributed by atoms with Crippen molar-refractivity contribution in [2.45, 2.75) is 71.6 Å². The molecule has 3 aromatic rings. The van der Waals surface area contributed by atoms with Gasteiger partial charge in [-0.3, -0.25) is 24.3 Å². The van der Waals surface area contributed by atoms with Gasteiger partial charge in [0.05, 0.1) is 19.6 Å². The molecule has 7 nitrogen and oxygen atoms in total. The van der Waals surface area contributed by atoms with E-state index >= 15 is 0 Å². The number of aryl methyl sites for hydroxylation is 2. The molecule has 0 radical (unpaired) electrons. The van der Waals surface area contributed by atoms with Crippen LogP contribution in [0.5, 0.6) is 0 Å². The normalized spacial score (nSPS) is 15.4. The summed E-state index contributed by atoms with van der Waals surface area (Å²) in [7, 11) is 1.34. The molecule has 1 aliphatic rings. The van der Waals surface area contributed by atoms with E-state index in [9.17, 15) is 18.8 Å². The molecule has 218 valence electrons. The smallest absolute Gasteiger partial charge is 0.306 e. The number of likely N-dealkylation sites (tertiary alicyclic amines) is 1. The highest BCUT2D eigenvalue weighted by Crippen LogP contribution is 2.33. The molecule has 8 heteroatoms. The highest BCUT2D eigenvalue weighted by molar-refractivity contribution is 5.84. The van der Waals surface area contributed by atoms with Crippen molar-refractivity contribution in [2.75, 3.05) is 20.2 Å². The van der Waals surface area contributed by atoms with Gasteiger partial charge in [0.2, 0.25) is 0 Å². The number of aromatic nitrogens is 2. The third kappa shape index (κ3) is 7.55. The summed E-state index contributed by atoms with van der Waals surface area (Å²) in [5.74, 6) is -0.865. The van der Waals surface area contributed by atoms with E-state index in [1.165, 1.54) is 17.7 Å². The van der Waals surface area contributed by atoms with E-state index in [-0.39, 0.29) is 30.1 Å². The Bertz CT molecular complexity index is 1420. The minimum Gasteiger partial charge on any atom is -0.469 e. The van der Waals surface area contributed by atoms with E-state index in [1.807, 2.05) is 56.9 Å². The van der Waals surface area contributed by atoms with Crippen LogP contribution in [0.1, 0.15) is 67.3 Å². The molecule has 1 saturated heterocycles. The van der Waals surface area contributed by atoms with Crippen molar-refractivity contribution in [3.05, 3.63) is 87.6 Å². The minimum atomic E-state index is -0.814. The fraction of sp³-hybridized carbons (Fsp3) is 0.455. The molecule has 4 rings (SSSR count). The van der Waals surface area contributed by atoms with Gasteiger partial charge in [-0.15, -0.1) is 0 Å². The standard InChI is InChI=1S/C33H40FN3O4/c1-21(2)11-29(37-18-24(9-10-31(37)39)17-36-19-28(34)20-36)30(38)13-25(14-32(40)41-5)26-12-27(16-35-15-26)33-22(3)7-6-8-23(33)4/h6-10,12,15-16,18,21,25,28-29H,11,13-14,17,19-20H2,1-5H3/t25-,29?/m0/s1. The zero-order valence-electron chi connectivity index (χ0n) is 24.6. The highest BCUT2D eigenvalue weighted by atomic mass is 19.1. The lowest BCUT2D eigenvalue weighted by molar-refractivity contribution is -0.141. The van der Waals surface area contributed by atoms with Gasteiger partial charge in [0.25, 0.3) is 5.56 Å². The SMILES string of the molecule is COC(=O)C[C@H](CC(=O)C(CC(C)C)n1cc(CN2CC(F)C2)ccc1=O)c1cncc(-c2c(C)cccc2C)c1. The zero-order chi connectivity index (χ0) is 29.7. The van der Waals surface area contributed by atoms with Crippen molar-refractivity contribution >= 4 is 11.8 Å². The second kappa shape index (κ2) is 13.3. The lowest BCUT2D eigenvalue weighted by Gasteiger charge is -2.34. The number of Topliss-reactive ketones (excluding diaryl/α,β-unsaturated/α-hetero) is 1. The predicted molar refractivity (Wildman–Crippen MR) is 158 cm³/mol. The summed E-state index contributed by atoms with van der Waals surface area (Å²) in [5.41, 5.74) is 5.59. The molecule has 41 heavy (non-hydrogen) atoms. The van der Waals surface area contributed by atoms with Crippen LogP contribution >= 0.6 is 0 Å². The maximum absolute atomic E-state index is 14.0. The third-order valence-corrected chi connectivity index (χ3v) is 7.81. The molecule has 1 unspecified atom stereocenters. The van der Waals surface area contributed by atoms with Crippen LogP contribution in [0, 0.1) is 19.8 Å². The monoisotopic (exact) mass is 561 g/mol. The average Bonchev–Trinajstić information content (AvgIpc) is 2.91. The van der Waals surface area contributed by atoms with Crippen LogP contribution in [0.4, 0.5) is 4.39 Å². The molecule has 0 spiro atoms. The van der Waals surface area contributed by atoms with Crippen LogP contribution < -0.4 is 5.56 Å². The largest absolute Gasteiger partial charge is 0.469 e. The quantitative estimate of drug-likeness (QED) is 0.269. The molecule has 0 aliphatic carbocycles. The molecule has 2 aromatic heterocycles. The fourth-order valence-corrected chi connectivity index (χ4v) is 5.69. The van der Waals surface area contributed by atoms with E-state index in [2.05, 4.69) is 4.98 Å². The van der Waals surface area contributed by atoms with E-state index in [0.29, 0.717) is 26.1 Å². The summed E-state index contributed by atoms with van der Waals surface area (Å²) in [6, 6.07) is 10.6. The summed E-state index contributed by atoms with van der Waals surface area (Å²) in [4.78, 5) is 45.9. The first-order chi connectivity index (χ1) is 19.5. The molecule has 0 N–H and O–H groups in total. The summed E-state index contributed by atoms with van der Waals surface area (Å²) < 4.78 is 19.9. The number of carbonyl (C=O) groups is 2. The number of benzene rings is 1. The Kier molecular flexibility index (Phi) is 9.86. The molecule has 0 amide bonds. The molecule has 1 fully saturated rings. The summed E-state index contributed by atoms with van der Waals surface area (Å²) in [6.07, 6.45) is 4.96. The van der Waals surface area contributed by atoms with E-state index in [0.717, 1.165) is 33.4 Å². The number of pyridine rings is 2. The Labute approximate surface area is 241 Å². The number of nitrogens with zero attached hydrogens (tertiary/aromatic N) is 3. The van der Waals surface area contributed by atoms with Gasteiger partial charge < -0.3 is 9.30 Å². The first kappa shape index (κ1) is 30.3. The second-order valence-corrected chi connectivity index (χ2v) is 11.6. The number of alkyl halides is 1. The van der Waals surface area contributed by atoms with Crippen LogP contribution in [0.2, 0.25) is 0 Å². The Hall–Kier alpha value is -3.65. The number of methoxy groups -OCH3 is 1. The first-order valence-electron chi connectivity index (χ1n) is 14.2.